The normalized spacial score (nSPS) is 31.3. The van der Waals surface area contributed by atoms with Gasteiger partial charge in [0.05, 0.1) is 6.61 Å². The van der Waals surface area contributed by atoms with E-state index < -0.39 is 11.6 Å². The van der Waals surface area contributed by atoms with E-state index in [1.54, 1.807) is 0 Å². The predicted molar refractivity (Wildman–Crippen MR) is 86.3 cm³/mol. The second kappa shape index (κ2) is 7.82. The molecule has 2 atom stereocenters. The fourth-order valence-corrected chi connectivity index (χ4v) is 3.15. The van der Waals surface area contributed by atoms with E-state index in [1.807, 2.05) is 21.1 Å². The van der Waals surface area contributed by atoms with E-state index in [4.69, 9.17) is 10.5 Å². The van der Waals surface area contributed by atoms with Crippen LogP contribution in [0.5, 0.6) is 0 Å². The first-order valence-corrected chi connectivity index (χ1v) is 8.00. The Morgan fingerprint density at radius 3 is 2.29 bits per heavy atom. The molecule has 0 bridgehead atoms. The SMILES string of the molecule is CCCNC1(N(C)C)N(N(CC)CC)CCOC1(N)NC. The van der Waals surface area contributed by atoms with Gasteiger partial charge in [0.15, 0.2) is 5.79 Å². The molecule has 1 fully saturated rings. The van der Waals surface area contributed by atoms with Gasteiger partial charge in [0, 0.05) is 19.6 Å². The summed E-state index contributed by atoms with van der Waals surface area (Å²) in [5.74, 6) is -1.63. The van der Waals surface area contributed by atoms with Crippen LogP contribution in [0.25, 0.3) is 0 Å². The van der Waals surface area contributed by atoms with Crippen LogP contribution in [0.15, 0.2) is 0 Å². The van der Waals surface area contributed by atoms with E-state index in [0.29, 0.717) is 6.61 Å². The monoisotopic (exact) mass is 302 g/mol. The van der Waals surface area contributed by atoms with Crippen molar-refractivity contribution in [1.29, 1.82) is 0 Å². The number of nitrogens with zero attached hydrogens (tertiary/aromatic N) is 3. The number of hydrazine groups is 1. The standard InChI is InChI=1S/C14H34N6O/c1-7-10-17-14(18(5)6)13(15,16-4)21-12-11-20(14)19(8-2)9-3/h16-17H,7-12,15H2,1-6H3. The van der Waals surface area contributed by atoms with E-state index in [0.717, 1.165) is 32.6 Å². The molecule has 0 saturated carbocycles. The van der Waals surface area contributed by atoms with Crippen molar-refractivity contribution < 1.29 is 4.74 Å². The van der Waals surface area contributed by atoms with Crippen molar-refractivity contribution in [3.63, 3.8) is 0 Å². The lowest BCUT2D eigenvalue weighted by Crippen LogP contribution is -2.89. The molecule has 1 aliphatic rings. The maximum absolute atomic E-state index is 6.61. The Morgan fingerprint density at radius 1 is 1.24 bits per heavy atom. The van der Waals surface area contributed by atoms with Gasteiger partial charge in [-0.2, -0.15) is 0 Å². The van der Waals surface area contributed by atoms with Crippen molar-refractivity contribution in [2.75, 3.05) is 53.9 Å². The lowest BCUT2D eigenvalue weighted by atomic mass is 10.1. The molecule has 1 saturated heterocycles. The fourth-order valence-electron chi connectivity index (χ4n) is 3.15. The van der Waals surface area contributed by atoms with Crippen molar-refractivity contribution in [2.45, 2.75) is 38.8 Å². The van der Waals surface area contributed by atoms with Gasteiger partial charge in [-0.3, -0.25) is 21.3 Å². The van der Waals surface area contributed by atoms with Crippen LogP contribution in [-0.4, -0.2) is 80.5 Å². The van der Waals surface area contributed by atoms with Crippen molar-refractivity contribution in [1.82, 2.24) is 25.6 Å². The summed E-state index contributed by atoms with van der Waals surface area (Å²) in [7, 11) is 5.91. The summed E-state index contributed by atoms with van der Waals surface area (Å²) in [5, 5.41) is 11.4. The highest BCUT2D eigenvalue weighted by Gasteiger charge is 2.59. The van der Waals surface area contributed by atoms with Gasteiger partial charge in [-0.15, -0.1) is 0 Å². The van der Waals surface area contributed by atoms with Crippen molar-refractivity contribution in [3.8, 4) is 0 Å². The molecule has 0 radical (unpaired) electrons. The molecule has 1 aliphatic heterocycles. The number of ether oxygens (including phenoxy) is 1. The van der Waals surface area contributed by atoms with E-state index in [-0.39, 0.29) is 0 Å². The number of hydrogen-bond acceptors (Lipinski definition) is 7. The first kappa shape index (κ1) is 18.8. The van der Waals surface area contributed by atoms with Gasteiger partial charge in [0.1, 0.15) is 0 Å². The largest absolute Gasteiger partial charge is 0.342 e. The van der Waals surface area contributed by atoms with Gasteiger partial charge in [0.25, 0.3) is 0 Å². The maximum Gasteiger partial charge on any atom is 0.220 e. The molecular weight excluding hydrogens is 268 g/mol. The molecule has 0 aromatic carbocycles. The minimum Gasteiger partial charge on any atom is -0.342 e. The molecule has 0 aromatic heterocycles. The second-order valence-electron chi connectivity index (χ2n) is 5.59. The molecule has 1 heterocycles. The summed E-state index contributed by atoms with van der Waals surface area (Å²) >= 11 is 0. The molecule has 0 aromatic rings. The summed E-state index contributed by atoms with van der Waals surface area (Å²) in [5.41, 5.74) is 6.61. The zero-order valence-electron chi connectivity index (χ0n) is 14.6. The Labute approximate surface area is 129 Å². The minimum atomic E-state index is -0.994. The zero-order valence-corrected chi connectivity index (χ0v) is 14.6. The van der Waals surface area contributed by atoms with Gasteiger partial charge in [0.2, 0.25) is 5.85 Å². The summed E-state index contributed by atoms with van der Waals surface area (Å²) < 4.78 is 5.95. The van der Waals surface area contributed by atoms with Gasteiger partial charge < -0.3 is 4.74 Å². The van der Waals surface area contributed by atoms with Crippen LogP contribution >= 0.6 is 0 Å². The summed E-state index contributed by atoms with van der Waals surface area (Å²) in [4.78, 5) is 2.11. The average Bonchev–Trinajstić information content (AvgIpc) is 2.47. The highest BCUT2D eigenvalue weighted by atomic mass is 16.5. The summed E-state index contributed by atoms with van der Waals surface area (Å²) in [6.45, 7) is 10.6. The molecule has 0 amide bonds. The number of nitrogens with one attached hydrogen (secondary N) is 2. The topological polar surface area (TPSA) is 69.0 Å². The number of nitrogens with two attached hydrogens (primary N) is 1. The van der Waals surface area contributed by atoms with Crippen LogP contribution in [0.3, 0.4) is 0 Å². The van der Waals surface area contributed by atoms with Gasteiger partial charge in [-0.05, 0) is 34.1 Å². The molecule has 4 N–H and O–H groups in total. The number of likely N-dealkylation sites (N-methyl/N-ethyl adjacent to an activating group) is 2. The predicted octanol–water partition coefficient (Wildman–Crippen LogP) is -0.378. The van der Waals surface area contributed by atoms with Gasteiger partial charge in [-0.1, -0.05) is 20.8 Å². The van der Waals surface area contributed by atoms with Crippen LogP contribution in [0.1, 0.15) is 27.2 Å². The van der Waals surface area contributed by atoms with Crippen molar-refractivity contribution in [2.24, 2.45) is 5.73 Å². The van der Waals surface area contributed by atoms with Gasteiger partial charge >= 0.3 is 0 Å². The van der Waals surface area contributed by atoms with E-state index >= 15 is 0 Å². The third-order valence-electron chi connectivity index (χ3n) is 4.24. The maximum atomic E-state index is 6.61. The Morgan fingerprint density at radius 2 is 1.86 bits per heavy atom. The third-order valence-corrected chi connectivity index (χ3v) is 4.24. The minimum absolute atomic E-state index is 0.594. The van der Waals surface area contributed by atoms with Crippen molar-refractivity contribution >= 4 is 0 Å². The Hall–Kier alpha value is -0.280. The Bertz CT molecular complexity index is 312. The van der Waals surface area contributed by atoms with E-state index in [2.05, 4.69) is 46.3 Å². The third kappa shape index (κ3) is 3.24. The average molecular weight is 302 g/mol. The lowest BCUT2D eigenvalue weighted by Gasteiger charge is -2.61. The molecule has 7 heteroatoms. The van der Waals surface area contributed by atoms with Crippen molar-refractivity contribution in [3.05, 3.63) is 0 Å². The van der Waals surface area contributed by atoms with E-state index in [9.17, 15) is 0 Å². The molecule has 7 nitrogen and oxygen atoms in total. The quantitative estimate of drug-likeness (QED) is 0.528. The molecule has 2 unspecified atom stereocenters. The lowest BCUT2D eigenvalue weighted by molar-refractivity contribution is -0.319. The highest BCUT2D eigenvalue weighted by Crippen LogP contribution is 2.31. The number of rotatable bonds is 8. The highest BCUT2D eigenvalue weighted by molar-refractivity contribution is 5.01. The first-order valence-electron chi connectivity index (χ1n) is 8.00. The smallest absolute Gasteiger partial charge is 0.220 e. The van der Waals surface area contributed by atoms with Crippen LogP contribution < -0.4 is 16.4 Å². The molecular formula is C14H34N6O. The van der Waals surface area contributed by atoms with Crippen LogP contribution in [0.2, 0.25) is 0 Å². The second-order valence-corrected chi connectivity index (χ2v) is 5.59. The fraction of sp³-hybridized carbons (Fsp3) is 1.00. The van der Waals surface area contributed by atoms with Gasteiger partial charge in [-0.25, -0.2) is 10.0 Å². The van der Waals surface area contributed by atoms with E-state index in [1.165, 1.54) is 0 Å². The Balaban J connectivity index is 3.30. The molecule has 21 heavy (non-hydrogen) atoms. The molecule has 1 rings (SSSR count). The zero-order chi connectivity index (χ0) is 16.1. The molecule has 126 valence electrons. The van der Waals surface area contributed by atoms with Crippen LogP contribution in [0, 0.1) is 0 Å². The Kier molecular flexibility index (Phi) is 6.99. The molecule has 0 aliphatic carbocycles. The van der Waals surface area contributed by atoms with Crippen LogP contribution in [-0.2, 0) is 4.74 Å². The number of hydrogen-bond donors (Lipinski definition) is 3. The van der Waals surface area contributed by atoms with Crippen LogP contribution in [0.4, 0.5) is 0 Å². The molecule has 0 spiro atoms. The first-order chi connectivity index (χ1) is 9.93. The number of morpholine rings is 1. The summed E-state index contributed by atoms with van der Waals surface area (Å²) in [6, 6.07) is 0. The summed E-state index contributed by atoms with van der Waals surface area (Å²) in [6.07, 6.45) is 1.03.